The van der Waals surface area contributed by atoms with Gasteiger partial charge in [-0.2, -0.15) is 0 Å². The molecule has 1 aromatic heterocycles. The first kappa shape index (κ1) is 14.1. The number of benzene rings is 1. The van der Waals surface area contributed by atoms with E-state index in [-0.39, 0.29) is 5.82 Å². The zero-order valence-corrected chi connectivity index (χ0v) is 12.3. The average Bonchev–Trinajstić information content (AvgIpc) is 2.47. The number of fused-ring (bicyclic) bond motifs is 1. The van der Waals surface area contributed by atoms with Gasteiger partial charge in [0.2, 0.25) is 0 Å². The summed E-state index contributed by atoms with van der Waals surface area (Å²) in [5, 5.41) is 0. The molecule has 2 aromatic rings. The molecule has 1 atom stereocenters. The summed E-state index contributed by atoms with van der Waals surface area (Å²) < 4.78 is 13.3. The summed E-state index contributed by atoms with van der Waals surface area (Å²) in [7, 11) is 0. The van der Waals surface area contributed by atoms with Crippen molar-refractivity contribution >= 4 is 0 Å². The molecule has 3 nitrogen and oxygen atoms in total. The third-order valence-electron chi connectivity index (χ3n) is 4.21. The van der Waals surface area contributed by atoms with Gasteiger partial charge in [0, 0.05) is 17.8 Å². The van der Waals surface area contributed by atoms with E-state index < -0.39 is 0 Å². The zero-order chi connectivity index (χ0) is 14.8. The minimum absolute atomic E-state index is 0.215. The second-order valence-corrected chi connectivity index (χ2v) is 5.80. The van der Waals surface area contributed by atoms with Crippen molar-refractivity contribution in [2.45, 2.75) is 32.6 Å². The van der Waals surface area contributed by atoms with E-state index in [9.17, 15) is 4.39 Å². The Bertz CT molecular complexity index is 654. The van der Waals surface area contributed by atoms with Crippen molar-refractivity contribution in [1.29, 1.82) is 0 Å². The second-order valence-electron chi connectivity index (χ2n) is 5.80. The summed E-state index contributed by atoms with van der Waals surface area (Å²) >= 11 is 0. The predicted molar refractivity (Wildman–Crippen MR) is 80.5 cm³/mol. The van der Waals surface area contributed by atoms with Crippen LogP contribution in [0.25, 0.3) is 0 Å². The van der Waals surface area contributed by atoms with E-state index in [4.69, 9.17) is 10.7 Å². The molecule has 0 spiro atoms. The van der Waals surface area contributed by atoms with Crippen molar-refractivity contribution in [1.82, 2.24) is 9.97 Å². The van der Waals surface area contributed by atoms with Crippen molar-refractivity contribution in [3.05, 3.63) is 58.4 Å². The Morgan fingerprint density at radius 3 is 2.95 bits per heavy atom. The predicted octanol–water partition coefficient (Wildman–Crippen LogP) is 2.58. The fraction of sp³-hybridized carbons (Fsp3) is 0.412. The van der Waals surface area contributed by atoms with E-state index >= 15 is 0 Å². The molecule has 0 amide bonds. The molecule has 0 saturated carbocycles. The fourth-order valence-electron chi connectivity index (χ4n) is 3.03. The molecule has 4 heteroatoms. The zero-order valence-electron chi connectivity index (χ0n) is 12.3. The normalized spacial score (nSPS) is 17.6. The van der Waals surface area contributed by atoms with Gasteiger partial charge in [-0.25, -0.2) is 14.4 Å². The minimum Gasteiger partial charge on any atom is -0.330 e. The Kier molecular flexibility index (Phi) is 3.97. The van der Waals surface area contributed by atoms with Crippen LogP contribution in [0.3, 0.4) is 0 Å². The third-order valence-corrected chi connectivity index (χ3v) is 4.21. The maximum absolute atomic E-state index is 13.3. The van der Waals surface area contributed by atoms with Crippen molar-refractivity contribution in [2.24, 2.45) is 11.7 Å². The summed E-state index contributed by atoms with van der Waals surface area (Å²) in [6.45, 7) is 2.76. The highest BCUT2D eigenvalue weighted by Crippen LogP contribution is 2.26. The van der Waals surface area contributed by atoms with Crippen LogP contribution >= 0.6 is 0 Å². The smallest absolute Gasteiger partial charge is 0.133 e. The Hall–Kier alpha value is -1.81. The molecule has 1 aliphatic carbocycles. The highest BCUT2D eigenvalue weighted by Gasteiger charge is 2.21. The van der Waals surface area contributed by atoms with E-state index in [1.54, 1.807) is 12.1 Å². The first-order valence-corrected chi connectivity index (χ1v) is 7.45. The molecule has 1 aliphatic rings. The Morgan fingerprint density at radius 2 is 2.19 bits per heavy atom. The molecule has 2 N–H and O–H groups in total. The largest absolute Gasteiger partial charge is 0.330 e. The van der Waals surface area contributed by atoms with Crippen LogP contribution in [0.4, 0.5) is 4.39 Å². The molecule has 0 bridgehead atoms. The summed E-state index contributed by atoms with van der Waals surface area (Å²) in [4.78, 5) is 9.30. The molecule has 21 heavy (non-hydrogen) atoms. The summed E-state index contributed by atoms with van der Waals surface area (Å²) in [5.74, 6) is 1.12. The molecular weight excluding hydrogens is 265 g/mol. The number of rotatable bonds is 3. The van der Waals surface area contributed by atoms with Crippen molar-refractivity contribution in [2.75, 3.05) is 6.54 Å². The minimum atomic E-state index is -0.215. The van der Waals surface area contributed by atoms with Crippen molar-refractivity contribution in [3.8, 4) is 0 Å². The van der Waals surface area contributed by atoms with Gasteiger partial charge in [0.05, 0.1) is 0 Å². The van der Waals surface area contributed by atoms with Crippen LogP contribution in [0.15, 0.2) is 24.3 Å². The highest BCUT2D eigenvalue weighted by molar-refractivity contribution is 5.30. The number of aryl methyl sites for hydroxylation is 2. The van der Waals surface area contributed by atoms with Gasteiger partial charge in [-0.05, 0) is 61.9 Å². The van der Waals surface area contributed by atoms with Crippen LogP contribution < -0.4 is 5.73 Å². The molecular formula is C17H20FN3. The molecule has 1 heterocycles. The number of nitrogens with zero attached hydrogens (tertiary/aromatic N) is 2. The lowest BCUT2D eigenvalue weighted by Crippen LogP contribution is -2.24. The lowest BCUT2D eigenvalue weighted by atomic mass is 9.86. The maximum atomic E-state index is 13.3. The van der Waals surface area contributed by atoms with Crippen molar-refractivity contribution < 1.29 is 4.39 Å². The van der Waals surface area contributed by atoms with Gasteiger partial charge in [-0.1, -0.05) is 12.1 Å². The maximum Gasteiger partial charge on any atom is 0.133 e. The lowest BCUT2D eigenvalue weighted by molar-refractivity contribution is 0.458. The standard InChI is InChI=1S/C17H20FN3/c1-11-15-8-13(10-19)5-6-16(15)21-17(20-11)9-12-3-2-4-14(18)7-12/h2-4,7,13H,5-6,8-10,19H2,1H3. The molecule has 110 valence electrons. The van der Waals surface area contributed by atoms with Crippen LogP contribution in [0.1, 0.15) is 34.8 Å². The summed E-state index contributed by atoms with van der Waals surface area (Å²) in [6.07, 6.45) is 3.63. The number of aromatic nitrogens is 2. The Balaban J connectivity index is 1.87. The Labute approximate surface area is 124 Å². The van der Waals surface area contributed by atoms with Gasteiger partial charge in [0.1, 0.15) is 11.6 Å². The Morgan fingerprint density at radius 1 is 1.33 bits per heavy atom. The molecule has 1 unspecified atom stereocenters. The van der Waals surface area contributed by atoms with E-state index in [1.165, 1.54) is 11.6 Å². The third kappa shape index (κ3) is 3.10. The van der Waals surface area contributed by atoms with Crippen molar-refractivity contribution in [3.63, 3.8) is 0 Å². The first-order chi connectivity index (χ1) is 10.2. The number of halogens is 1. The van der Waals surface area contributed by atoms with Gasteiger partial charge in [-0.3, -0.25) is 0 Å². The number of hydrogen-bond acceptors (Lipinski definition) is 3. The quantitative estimate of drug-likeness (QED) is 0.943. The van der Waals surface area contributed by atoms with E-state index in [0.717, 1.165) is 48.6 Å². The van der Waals surface area contributed by atoms with Crippen LogP contribution in [-0.2, 0) is 19.3 Å². The highest BCUT2D eigenvalue weighted by atomic mass is 19.1. The molecule has 0 fully saturated rings. The number of nitrogens with two attached hydrogens (primary N) is 1. The topological polar surface area (TPSA) is 51.8 Å². The van der Waals surface area contributed by atoms with Crippen LogP contribution in [0, 0.1) is 18.7 Å². The van der Waals surface area contributed by atoms with Crippen LogP contribution in [0.5, 0.6) is 0 Å². The van der Waals surface area contributed by atoms with E-state index in [1.807, 2.05) is 13.0 Å². The first-order valence-electron chi connectivity index (χ1n) is 7.45. The molecule has 0 radical (unpaired) electrons. The van der Waals surface area contributed by atoms with E-state index in [2.05, 4.69) is 4.98 Å². The molecule has 3 rings (SSSR count). The number of hydrogen-bond donors (Lipinski definition) is 1. The van der Waals surface area contributed by atoms with E-state index in [0.29, 0.717) is 12.3 Å². The lowest BCUT2D eigenvalue weighted by Gasteiger charge is -2.24. The fourth-order valence-corrected chi connectivity index (χ4v) is 3.03. The van der Waals surface area contributed by atoms with Gasteiger partial charge < -0.3 is 5.73 Å². The average molecular weight is 285 g/mol. The molecule has 0 saturated heterocycles. The van der Waals surface area contributed by atoms with Gasteiger partial charge >= 0.3 is 0 Å². The van der Waals surface area contributed by atoms with Crippen LogP contribution in [-0.4, -0.2) is 16.5 Å². The summed E-state index contributed by atoms with van der Waals surface area (Å²) in [5.41, 5.74) is 10.1. The summed E-state index contributed by atoms with van der Waals surface area (Å²) in [6, 6.07) is 6.63. The molecule has 1 aromatic carbocycles. The molecule has 0 aliphatic heterocycles. The SMILES string of the molecule is Cc1nc(Cc2cccc(F)c2)nc2c1CC(CN)CC2. The van der Waals surface area contributed by atoms with Crippen LogP contribution in [0.2, 0.25) is 0 Å². The monoisotopic (exact) mass is 285 g/mol. The van der Waals surface area contributed by atoms with Gasteiger partial charge in [0.15, 0.2) is 0 Å². The van der Waals surface area contributed by atoms with Gasteiger partial charge in [0.25, 0.3) is 0 Å². The second kappa shape index (κ2) is 5.90. The van der Waals surface area contributed by atoms with Gasteiger partial charge in [-0.15, -0.1) is 0 Å².